The molecule has 1 unspecified atom stereocenters. The Kier molecular flexibility index (Phi) is 4.62. The van der Waals surface area contributed by atoms with Crippen molar-refractivity contribution in [2.75, 3.05) is 7.11 Å². The Labute approximate surface area is 169 Å². The summed E-state index contributed by atoms with van der Waals surface area (Å²) >= 11 is 0. The third-order valence-corrected chi connectivity index (χ3v) is 4.87. The van der Waals surface area contributed by atoms with Crippen molar-refractivity contribution >= 4 is 0 Å². The average Bonchev–Trinajstić information content (AvgIpc) is 3.15. The van der Waals surface area contributed by atoms with Gasteiger partial charge in [-0.25, -0.2) is 0 Å². The van der Waals surface area contributed by atoms with Crippen molar-refractivity contribution in [3.63, 3.8) is 0 Å². The van der Waals surface area contributed by atoms with Gasteiger partial charge in [0.05, 0.1) is 29.8 Å². The number of methoxy groups -OCH3 is 1. The van der Waals surface area contributed by atoms with Gasteiger partial charge in [-0.3, -0.25) is 5.10 Å². The van der Waals surface area contributed by atoms with Crippen LogP contribution in [0, 0.1) is 11.3 Å². The molecular formula is C21H15F3N4O2. The highest BCUT2D eigenvalue weighted by Crippen LogP contribution is 2.48. The van der Waals surface area contributed by atoms with E-state index in [0.29, 0.717) is 22.6 Å². The van der Waals surface area contributed by atoms with Crippen LogP contribution in [0.25, 0.3) is 11.3 Å². The van der Waals surface area contributed by atoms with E-state index in [1.165, 1.54) is 25.3 Å². The number of aromatic amines is 1. The maximum absolute atomic E-state index is 13.8. The summed E-state index contributed by atoms with van der Waals surface area (Å²) in [6.45, 7) is 0. The summed E-state index contributed by atoms with van der Waals surface area (Å²) in [4.78, 5) is 0. The molecule has 0 amide bonds. The predicted octanol–water partition coefficient (Wildman–Crippen LogP) is 4.32. The topological polar surface area (TPSA) is 97.0 Å². The van der Waals surface area contributed by atoms with Crippen LogP contribution in [0.2, 0.25) is 0 Å². The number of hydrogen-bond donors (Lipinski definition) is 2. The molecule has 0 saturated heterocycles. The van der Waals surface area contributed by atoms with Crippen LogP contribution < -0.4 is 15.2 Å². The minimum absolute atomic E-state index is 0.0197. The summed E-state index contributed by atoms with van der Waals surface area (Å²) in [6, 6.07) is 13.9. The number of allylic oxidation sites excluding steroid dienone is 1. The van der Waals surface area contributed by atoms with E-state index < -0.39 is 17.7 Å². The summed E-state index contributed by atoms with van der Waals surface area (Å²) in [5, 5.41) is 16.6. The van der Waals surface area contributed by atoms with E-state index in [4.69, 9.17) is 15.2 Å². The summed E-state index contributed by atoms with van der Waals surface area (Å²) < 4.78 is 51.9. The zero-order valence-corrected chi connectivity index (χ0v) is 15.6. The molecule has 1 aliphatic rings. The third-order valence-electron chi connectivity index (χ3n) is 4.87. The Bertz CT molecular complexity index is 1190. The van der Waals surface area contributed by atoms with E-state index >= 15 is 0 Å². The number of aromatic nitrogens is 2. The molecule has 0 saturated carbocycles. The Hall–Kier alpha value is -3.93. The van der Waals surface area contributed by atoms with Crippen LogP contribution in [-0.2, 0) is 6.18 Å². The molecule has 0 bridgehead atoms. The van der Waals surface area contributed by atoms with Gasteiger partial charge in [0.25, 0.3) is 0 Å². The van der Waals surface area contributed by atoms with E-state index in [2.05, 4.69) is 10.2 Å². The summed E-state index contributed by atoms with van der Waals surface area (Å²) in [5.41, 5.74) is 6.09. The second kappa shape index (κ2) is 7.15. The van der Waals surface area contributed by atoms with Gasteiger partial charge in [0.1, 0.15) is 17.4 Å². The van der Waals surface area contributed by atoms with Crippen LogP contribution in [0.15, 0.2) is 60.0 Å². The van der Waals surface area contributed by atoms with Gasteiger partial charge in [0.2, 0.25) is 11.8 Å². The lowest BCUT2D eigenvalue weighted by Crippen LogP contribution is -2.23. The van der Waals surface area contributed by atoms with E-state index in [1.54, 1.807) is 24.3 Å². The lowest BCUT2D eigenvalue weighted by molar-refractivity contribution is -0.138. The van der Waals surface area contributed by atoms with E-state index in [0.717, 1.165) is 6.07 Å². The molecule has 1 atom stereocenters. The van der Waals surface area contributed by atoms with E-state index in [9.17, 15) is 18.4 Å². The van der Waals surface area contributed by atoms with Crippen molar-refractivity contribution in [2.24, 2.45) is 5.73 Å². The van der Waals surface area contributed by atoms with Crippen LogP contribution in [0.1, 0.15) is 22.6 Å². The number of hydrogen-bond acceptors (Lipinski definition) is 5. The van der Waals surface area contributed by atoms with Crippen LogP contribution in [-0.4, -0.2) is 17.3 Å². The molecule has 6 nitrogen and oxygen atoms in total. The second-order valence-corrected chi connectivity index (χ2v) is 6.56. The lowest BCUT2D eigenvalue weighted by atomic mass is 9.81. The van der Waals surface area contributed by atoms with Gasteiger partial charge in [-0.15, -0.1) is 5.10 Å². The predicted molar refractivity (Wildman–Crippen MR) is 101 cm³/mol. The molecule has 1 aliphatic heterocycles. The van der Waals surface area contributed by atoms with Crippen molar-refractivity contribution in [2.45, 2.75) is 12.1 Å². The molecule has 2 heterocycles. The zero-order chi connectivity index (χ0) is 21.5. The number of halogens is 3. The number of nitrogens with two attached hydrogens (primary N) is 1. The zero-order valence-electron chi connectivity index (χ0n) is 15.6. The van der Waals surface area contributed by atoms with Gasteiger partial charge in [-0.2, -0.15) is 18.4 Å². The maximum atomic E-state index is 13.8. The van der Waals surface area contributed by atoms with Gasteiger partial charge in [0.15, 0.2) is 0 Å². The minimum Gasteiger partial charge on any atom is -0.497 e. The SMILES string of the molecule is COc1cccc(-c2[nH]nc3c2C(c2ccccc2C(F)(F)F)C(C#N)=C(N)O3)c1. The van der Waals surface area contributed by atoms with Crippen LogP contribution in [0.4, 0.5) is 13.2 Å². The van der Waals surface area contributed by atoms with Gasteiger partial charge < -0.3 is 15.2 Å². The van der Waals surface area contributed by atoms with Crippen LogP contribution in [0.3, 0.4) is 0 Å². The first-order valence-electron chi connectivity index (χ1n) is 8.81. The Morgan fingerprint density at radius 2 is 1.97 bits per heavy atom. The molecule has 30 heavy (non-hydrogen) atoms. The lowest BCUT2D eigenvalue weighted by Gasteiger charge is -2.26. The van der Waals surface area contributed by atoms with Crippen molar-refractivity contribution in [1.82, 2.24) is 10.2 Å². The first-order valence-corrected chi connectivity index (χ1v) is 8.81. The van der Waals surface area contributed by atoms with Gasteiger partial charge in [-0.1, -0.05) is 30.3 Å². The molecule has 3 aromatic rings. The smallest absolute Gasteiger partial charge is 0.416 e. The van der Waals surface area contributed by atoms with Crippen LogP contribution >= 0.6 is 0 Å². The summed E-state index contributed by atoms with van der Waals surface area (Å²) in [7, 11) is 1.50. The van der Waals surface area contributed by atoms with Gasteiger partial charge in [-0.05, 0) is 23.8 Å². The van der Waals surface area contributed by atoms with E-state index in [-0.39, 0.29) is 22.9 Å². The number of alkyl halides is 3. The van der Waals surface area contributed by atoms with Gasteiger partial charge in [0, 0.05) is 5.56 Å². The summed E-state index contributed by atoms with van der Waals surface area (Å²) in [5.74, 6) is -0.825. The van der Waals surface area contributed by atoms with Crippen molar-refractivity contribution in [3.8, 4) is 29.0 Å². The van der Waals surface area contributed by atoms with Crippen molar-refractivity contribution in [1.29, 1.82) is 5.26 Å². The monoisotopic (exact) mass is 412 g/mol. The number of nitrogens with zero attached hydrogens (tertiary/aromatic N) is 2. The number of nitrogens with one attached hydrogen (secondary N) is 1. The fraction of sp³-hybridized carbons (Fsp3) is 0.143. The number of benzene rings is 2. The Morgan fingerprint density at radius 3 is 2.67 bits per heavy atom. The number of fused-ring (bicyclic) bond motifs is 1. The number of ether oxygens (including phenoxy) is 2. The highest BCUT2D eigenvalue weighted by Gasteiger charge is 2.41. The highest BCUT2D eigenvalue weighted by atomic mass is 19.4. The third kappa shape index (κ3) is 3.12. The molecule has 1 aromatic heterocycles. The fourth-order valence-electron chi connectivity index (χ4n) is 3.56. The standard InChI is InChI=1S/C21H15F3N4O2/c1-29-12-6-4-5-11(9-12)18-17-16(13-7-2-3-8-15(13)21(22,23)24)14(10-25)19(26)30-20(17)28-27-18/h2-9,16H,26H2,1H3,(H,27,28). The molecular weight excluding hydrogens is 397 g/mol. The number of nitriles is 1. The molecule has 152 valence electrons. The number of rotatable bonds is 3. The molecule has 4 rings (SSSR count). The molecule has 0 radical (unpaired) electrons. The molecule has 2 aromatic carbocycles. The molecule has 0 aliphatic carbocycles. The highest BCUT2D eigenvalue weighted by molar-refractivity contribution is 5.72. The molecule has 9 heteroatoms. The Morgan fingerprint density at radius 1 is 1.20 bits per heavy atom. The van der Waals surface area contributed by atoms with E-state index in [1.807, 2.05) is 6.07 Å². The normalized spacial score (nSPS) is 15.9. The molecule has 3 N–H and O–H groups in total. The largest absolute Gasteiger partial charge is 0.497 e. The van der Waals surface area contributed by atoms with Crippen LogP contribution in [0.5, 0.6) is 11.6 Å². The Balaban J connectivity index is 2.00. The quantitative estimate of drug-likeness (QED) is 0.668. The first kappa shape index (κ1) is 19.4. The molecule has 0 fully saturated rings. The second-order valence-electron chi connectivity index (χ2n) is 6.56. The van der Waals surface area contributed by atoms with Crippen molar-refractivity contribution in [3.05, 3.63) is 76.7 Å². The first-order chi connectivity index (χ1) is 14.3. The maximum Gasteiger partial charge on any atom is 0.416 e. The number of H-pyrrole nitrogens is 1. The molecule has 0 spiro atoms. The minimum atomic E-state index is -4.62. The fourth-order valence-corrected chi connectivity index (χ4v) is 3.56. The average molecular weight is 412 g/mol. The van der Waals surface area contributed by atoms with Gasteiger partial charge >= 0.3 is 6.18 Å². The summed E-state index contributed by atoms with van der Waals surface area (Å²) in [6.07, 6.45) is -4.62. The van der Waals surface area contributed by atoms with Crippen molar-refractivity contribution < 1.29 is 22.6 Å².